The van der Waals surface area contributed by atoms with E-state index in [1.165, 1.54) is 30.2 Å². The fraction of sp³-hybridized carbons (Fsp3) is 0.235. The average Bonchev–Trinajstić information content (AvgIpc) is 3.17. The molecule has 5 nitrogen and oxygen atoms in total. The van der Waals surface area contributed by atoms with Gasteiger partial charge in [-0.15, -0.1) is 0 Å². The molecule has 1 aliphatic rings. The van der Waals surface area contributed by atoms with Gasteiger partial charge in [0.15, 0.2) is 5.16 Å². The predicted octanol–water partition coefficient (Wildman–Crippen LogP) is 3.20. The maximum Gasteiger partial charge on any atom is 0.185 e. The van der Waals surface area contributed by atoms with Crippen LogP contribution < -0.4 is 0 Å². The Hall–Kier alpha value is -2.25. The van der Waals surface area contributed by atoms with Crippen molar-refractivity contribution in [3.05, 3.63) is 72.1 Å². The molecule has 1 aromatic carbocycles. The zero-order valence-electron chi connectivity index (χ0n) is 13.0. The molecule has 0 bridgehead atoms. The Bertz CT molecular complexity index is 839. The predicted molar refractivity (Wildman–Crippen MR) is 87.9 cm³/mol. The lowest BCUT2D eigenvalue weighted by Crippen LogP contribution is -2.20. The van der Waals surface area contributed by atoms with E-state index in [0.717, 1.165) is 16.3 Å². The van der Waals surface area contributed by atoms with Crippen molar-refractivity contribution in [2.24, 2.45) is 0 Å². The molecule has 0 saturated carbocycles. The second-order valence-electron chi connectivity index (χ2n) is 5.58. The van der Waals surface area contributed by atoms with Crippen molar-refractivity contribution in [2.75, 3.05) is 6.26 Å². The number of nitrogens with zero attached hydrogens (tertiary/aromatic N) is 4. The summed E-state index contributed by atoms with van der Waals surface area (Å²) in [6, 6.07) is 10.3. The van der Waals surface area contributed by atoms with Crippen LogP contribution in [-0.4, -0.2) is 26.0 Å². The summed E-state index contributed by atoms with van der Waals surface area (Å²) in [7, 11) is 0. The number of thioether (sulfide) groups is 1. The molecule has 122 valence electrons. The number of halogens is 1. The van der Waals surface area contributed by atoms with Gasteiger partial charge in [-0.1, -0.05) is 23.9 Å². The highest BCUT2D eigenvalue weighted by Crippen LogP contribution is 2.58. The molecule has 0 unspecified atom stereocenters. The molecule has 3 aromatic rings. The normalized spacial score (nSPS) is 22.5. The average molecular weight is 342 g/mol. The highest BCUT2D eigenvalue weighted by Gasteiger charge is 2.59. The van der Waals surface area contributed by atoms with E-state index in [4.69, 9.17) is 4.74 Å². The Kier molecular flexibility index (Phi) is 3.82. The molecule has 2 aromatic heterocycles. The van der Waals surface area contributed by atoms with E-state index in [2.05, 4.69) is 15.1 Å². The minimum atomic E-state index is -0.576. The topological polar surface area (TPSA) is 56.1 Å². The van der Waals surface area contributed by atoms with Crippen LogP contribution in [0.15, 0.2) is 60.3 Å². The van der Waals surface area contributed by atoms with Crippen molar-refractivity contribution in [1.29, 1.82) is 0 Å². The highest BCUT2D eigenvalue weighted by atomic mass is 32.2. The lowest BCUT2D eigenvalue weighted by atomic mass is 9.92. The maximum atomic E-state index is 13.3. The third kappa shape index (κ3) is 2.59. The molecule has 7 heteroatoms. The molecule has 4 rings (SSSR count). The molecule has 0 aliphatic carbocycles. The van der Waals surface area contributed by atoms with Gasteiger partial charge in [0.25, 0.3) is 0 Å². The van der Waals surface area contributed by atoms with E-state index in [-0.39, 0.29) is 11.9 Å². The van der Waals surface area contributed by atoms with Gasteiger partial charge in [0.2, 0.25) is 0 Å². The zero-order chi connectivity index (χ0) is 16.6. The van der Waals surface area contributed by atoms with Crippen LogP contribution in [0.2, 0.25) is 0 Å². The lowest BCUT2D eigenvalue weighted by Gasteiger charge is -2.15. The number of aromatic nitrogens is 4. The first-order valence-electron chi connectivity index (χ1n) is 7.48. The molecule has 1 saturated heterocycles. The monoisotopic (exact) mass is 342 g/mol. The number of ether oxygens (including phenoxy) is 1. The molecular formula is C17H15FN4OS. The molecule has 0 spiro atoms. The van der Waals surface area contributed by atoms with Gasteiger partial charge in [-0.2, -0.15) is 5.10 Å². The van der Waals surface area contributed by atoms with Crippen LogP contribution in [0, 0.1) is 5.82 Å². The Morgan fingerprint density at radius 2 is 1.96 bits per heavy atom. The summed E-state index contributed by atoms with van der Waals surface area (Å²) in [6.45, 7) is 0.516. The van der Waals surface area contributed by atoms with Crippen LogP contribution in [0.25, 0.3) is 0 Å². The van der Waals surface area contributed by atoms with Crippen LogP contribution in [-0.2, 0) is 16.9 Å². The molecule has 1 aliphatic heterocycles. The van der Waals surface area contributed by atoms with Gasteiger partial charge in [0.1, 0.15) is 23.8 Å². The Balaban J connectivity index is 1.73. The van der Waals surface area contributed by atoms with Crippen LogP contribution in [0.1, 0.15) is 17.2 Å². The standard InChI is InChI=1S/C17H15FN4OS/c1-24-16-20-11-21-22(16)10-17(13-2-4-14(18)5-3-13)15(23-17)12-6-8-19-9-7-12/h2-9,11,15H,10H2,1H3/t15-,17-/m1/s1. The first-order chi connectivity index (χ1) is 11.7. The van der Waals surface area contributed by atoms with Crippen molar-refractivity contribution in [3.8, 4) is 0 Å². The van der Waals surface area contributed by atoms with E-state index >= 15 is 0 Å². The summed E-state index contributed by atoms with van der Waals surface area (Å²) in [4.78, 5) is 8.30. The summed E-state index contributed by atoms with van der Waals surface area (Å²) in [5.74, 6) is -0.263. The van der Waals surface area contributed by atoms with Gasteiger partial charge in [0, 0.05) is 12.4 Å². The van der Waals surface area contributed by atoms with Gasteiger partial charge in [0.05, 0.1) is 6.54 Å². The molecule has 24 heavy (non-hydrogen) atoms. The van der Waals surface area contributed by atoms with E-state index in [1.54, 1.807) is 24.5 Å². The number of benzene rings is 1. The third-order valence-corrected chi connectivity index (χ3v) is 4.86. The van der Waals surface area contributed by atoms with Crippen molar-refractivity contribution >= 4 is 11.8 Å². The van der Waals surface area contributed by atoms with Crippen LogP contribution >= 0.6 is 11.8 Å². The van der Waals surface area contributed by atoms with Gasteiger partial charge in [-0.25, -0.2) is 14.1 Å². The molecule has 0 radical (unpaired) electrons. The van der Waals surface area contributed by atoms with Crippen molar-refractivity contribution in [2.45, 2.75) is 23.4 Å². The lowest BCUT2D eigenvalue weighted by molar-refractivity contribution is 0.256. The first kappa shape index (κ1) is 15.3. The van der Waals surface area contributed by atoms with E-state index < -0.39 is 5.60 Å². The van der Waals surface area contributed by atoms with E-state index in [0.29, 0.717) is 6.54 Å². The highest BCUT2D eigenvalue weighted by molar-refractivity contribution is 7.98. The molecule has 0 N–H and O–H groups in total. The van der Waals surface area contributed by atoms with Crippen molar-refractivity contribution in [1.82, 2.24) is 19.7 Å². The maximum absolute atomic E-state index is 13.3. The van der Waals surface area contributed by atoms with Crippen LogP contribution in [0.5, 0.6) is 0 Å². The van der Waals surface area contributed by atoms with E-state index in [9.17, 15) is 4.39 Å². The minimum absolute atomic E-state index is 0.120. The second kappa shape index (κ2) is 5.99. The summed E-state index contributed by atoms with van der Waals surface area (Å²) in [5, 5.41) is 5.12. The van der Waals surface area contributed by atoms with Crippen LogP contribution in [0.3, 0.4) is 0 Å². The van der Waals surface area contributed by atoms with Gasteiger partial charge >= 0.3 is 0 Å². The first-order valence-corrected chi connectivity index (χ1v) is 8.71. The molecule has 0 amide bonds. The largest absolute Gasteiger partial charge is 0.354 e. The molecular weight excluding hydrogens is 327 g/mol. The molecule has 3 heterocycles. The van der Waals surface area contributed by atoms with Crippen molar-refractivity contribution in [3.63, 3.8) is 0 Å². The summed E-state index contributed by atoms with van der Waals surface area (Å²) in [5.41, 5.74) is 1.39. The van der Waals surface area contributed by atoms with Crippen molar-refractivity contribution < 1.29 is 9.13 Å². The number of hydrogen-bond donors (Lipinski definition) is 0. The SMILES string of the molecule is CSc1ncnn1C[C@]1(c2ccc(F)cc2)O[C@@H]1c1ccncc1. The summed E-state index contributed by atoms with van der Waals surface area (Å²) in [6.07, 6.45) is 6.86. The summed E-state index contributed by atoms with van der Waals surface area (Å²) >= 11 is 1.53. The number of hydrogen-bond acceptors (Lipinski definition) is 5. The van der Waals surface area contributed by atoms with Gasteiger partial charge < -0.3 is 4.74 Å². The fourth-order valence-electron chi connectivity index (χ4n) is 2.96. The quantitative estimate of drug-likeness (QED) is 0.526. The smallest absolute Gasteiger partial charge is 0.185 e. The van der Waals surface area contributed by atoms with Gasteiger partial charge in [-0.05, 0) is 41.6 Å². The Labute approximate surface area is 142 Å². The van der Waals surface area contributed by atoms with Gasteiger partial charge in [-0.3, -0.25) is 4.98 Å². The molecule has 2 atom stereocenters. The van der Waals surface area contributed by atoms with E-state index in [1.807, 2.05) is 23.1 Å². The zero-order valence-corrected chi connectivity index (χ0v) is 13.8. The number of rotatable bonds is 5. The number of epoxide rings is 1. The Morgan fingerprint density at radius 3 is 2.67 bits per heavy atom. The third-order valence-electron chi connectivity index (χ3n) is 4.18. The number of pyridine rings is 1. The molecule has 1 fully saturated rings. The Morgan fingerprint density at radius 1 is 1.21 bits per heavy atom. The fourth-order valence-corrected chi connectivity index (χ4v) is 3.43. The second-order valence-corrected chi connectivity index (χ2v) is 6.35. The van der Waals surface area contributed by atoms with Crippen LogP contribution in [0.4, 0.5) is 4.39 Å². The summed E-state index contributed by atoms with van der Waals surface area (Å²) < 4.78 is 21.3. The minimum Gasteiger partial charge on any atom is -0.354 e.